The summed E-state index contributed by atoms with van der Waals surface area (Å²) < 4.78 is 4.74. The Morgan fingerprint density at radius 1 is 0.833 bits per heavy atom. The van der Waals surface area contributed by atoms with Crippen LogP contribution in [0.2, 0.25) is 20.4 Å². The van der Waals surface area contributed by atoms with Crippen molar-refractivity contribution >= 4 is 63.9 Å². The number of rotatable bonds is 7. The minimum absolute atomic E-state index is 0.0700. The molecule has 0 aliphatic heterocycles. The molecular weight excluding hydrogens is 702 g/mol. The van der Waals surface area contributed by atoms with E-state index in [1.54, 1.807) is 57.2 Å². The molecule has 3 N–H and O–H groups in total. The molecule has 0 saturated carbocycles. The number of carbonyl (C=O) groups excluding carboxylic acids is 2. The highest BCUT2D eigenvalue weighted by molar-refractivity contribution is 6.45. The highest BCUT2D eigenvalue weighted by Gasteiger charge is 2.19. The Bertz CT molecular complexity index is 1950. The van der Waals surface area contributed by atoms with Crippen LogP contribution in [0.1, 0.15) is 35.6 Å². The Labute approximate surface area is 295 Å². The molecule has 0 saturated heterocycles. The van der Waals surface area contributed by atoms with Gasteiger partial charge in [0.15, 0.2) is 10.3 Å². The highest BCUT2D eigenvalue weighted by Crippen LogP contribution is 2.33. The number of benzene rings is 2. The molecule has 0 fully saturated rings. The zero-order valence-corrected chi connectivity index (χ0v) is 28.8. The second kappa shape index (κ2) is 18.6. The number of ketones is 1. The SMILES string of the molecule is C/C(=N/N)C(=O)c1ccc(Cl)cc1.CCOC(=O)Cc1nccnc1Cl.Cc1n[nH]c(=O)c(-c2nccnc2Cl)c1-c1ccc(Cl)cc1. The van der Waals surface area contributed by atoms with Gasteiger partial charge in [0.25, 0.3) is 5.56 Å². The van der Waals surface area contributed by atoms with Crippen molar-refractivity contribution in [2.45, 2.75) is 27.2 Å². The summed E-state index contributed by atoms with van der Waals surface area (Å²) in [5.41, 5.74) is 3.66. The summed E-state index contributed by atoms with van der Waals surface area (Å²) in [5, 5.41) is 11.4. The molecule has 5 rings (SSSR count). The first-order valence-corrected chi connectivity index (χ1v) is 15.5. The monoisotopic (exact) mass is 728 g/mol. The Hall–Kier alpha value is -4.75. The summed E-state index contributed by atoms with van der Waals surface area (Å²) in [6.07, 6.45) is 5.98. The van der Waals surface area contributed by atoms with Gasteiger partial charge in [-0.25, -0.2) is 15.1 Å². The van der Waals surface area contributed by atoms with Crippen molar-refractivity contribution < 1.29 is 14.3 Å². The van der Waals surface area contributed by atoms with E-state index in [1.165, 1.54) is 24.8 Å². The highest BCUT2D eigenvalue weighted by atomic mass is 35.5. The van der Waals surface area contributed by atoms with Gasteiger partial charge in [-0.05, 0) is 62.7 Å². The second-order valence-corrected chi connectivity index (χ2v) is 11.0. The van der Waals surface area contributed by atoms with Crippen LogP contribution in [0.4, 0.5) is 0 Å². The van der Waals surface area contributed by atoms with Crippen LogP contribution in [0.25, 0.3) is 22.4 Å². The summed E-state index contributed by atoms with van der Waals surface area (Å²) in [4.78, 5) is 50.6. The van der Waals surface area contributed by atoms with Crippen LogP contribution in [0.5, 0.6) is 0 Å². The molecule has 248 valence electrons. The van der Waals surface area contributed by atoms with E-state index in [9.17, 15) is 14.4 Å². The van der Waals surface area contributed by atoms with Crippen molar-refractivity contribution in [2.24, 2.45) is 10.9 Å². The van der Waals surface area contributed by atoms with Gasteiger partial charge >= 0.3 is 5.97 Å². The normalized spacial score (nSPS) is 10.6. The number of nitrogens with two attached hydrogens (primary N) is 1. The standard InChI is InChI=1S/C15H10Cl2N4O.C9H9ClN2O.C8H9ClN2O2/c1-8-11(9-2-4-10(16)5-3-9)12(15(22)21-20-8)13-14(17)19-7-6-18-13;1-6(12-11)9(13)7-2-4-8(10)5-3-7;1-2-13-7(12)5-6-8(9)11-4-3-10-6/h2-7H,1H3,(H,21,22);2-5H,11H2,1H3;3-4H,2,5H2,1H3/b;12-6-;. The van der Waals surface area contributed by atoms with Crippen molar-refractivity contribution in [2.75, 3.05) is 6.61 Å². The predicted molar refractivity (Wildman–Crippen MR) is 187 cm³/mol. The first-order valence-electron chi connectivity index (χ1n) is 13.9. The number of nitrogens with zero attached hydrogens (tertiary/aromatic N) is 6. The van der Waals surface area contributed by atoms with Gasteiger partial charge < -0.3 is 10.6 Å². The lowest BCUT2D eigenvalue weighted by Gasteiger charge is -2.11. The van der Waals surface area contributed by atoms with E-state index >= 15 is 0 Å². The number of aromatic amines is 1. The summed E-state index contributed by atoms with van der Waals surface area (Å²) in [7, 11) is 0. The zero-order valence-electron chi connectivity index (χ0n) is 25.7. The fourth-order valence-electron chi connectivity index (χ4n) is 3.91. The number of H-pyrrole nitrogens is 1. The topological polar surface area (TPSA) is 179 Å². The van der Waals surface area contributed by atoms with Crippen LogP contribution in [0.15, 0.2) is 83.2 Å². The van der Waals surface area contributed by atoms with Crippen molar-refractivity contribution in [1.29, 1.82) is 0 Å². The molecule has 0 spiro atoms. The van der Waals surface area contributed by atoms with Crippen LogP contribution in [0, 0.1) is 6.92 Å². The lowest BCUT2D eigenvalue weighted by Crippen LogP contribution is -2.15. The number of Topliss-reactive ketones (excluding diaryl/α,β-unsaturated/α-hetero) is 1. The maximum Gasteiger partial charge on any atom is 0.311 e. The molecule has 3 aromatic heterocycles. The molecule has 48 heavy (non-hydrogen) atoms. The lowest BCUT2D eigenvalue weighted by atomic mass is 9.98. The van der Waals surface area contributed by atoms with Crippen LogP contribution >= 0.6 is 46.4 Å². The Morgan fingerprint density at radius 3 is 1.96 bits per heavy atom. The van der Waals surface area contributed by atoms with E-state index in [0.717, 1.165) is 5.56 Å². The Kier molecular flexibility index (Phi) is 14.6. The van der Waals surface area contributed by atoms with E-state index in [2.05, 4.69) is 35.2 Å². The first-order chi connectivity index (χ1) is 23.0. The number of carbonyl (C=O) groups is 2. The van der Waals surface area contributed by atoms with Gasteiger partial charge in [0.1, 0.15) is 11.4 Å². The Balaban J connectivity index is 0.000000208. The number of halogens is 4. The molecule has 5 aromatic rings. The number of aryl methyl sites for hydroxylation is 1. The quantitative estimate of drug-likeness (QED) is 0.0609. The summed E-state index contributed by atoms with van der Waals surface area (Å²) >= 11 is 23.4. The number of hydrazone groups is 1. The minimum atomic E-state index is -0.377. The average molecular weight is 730 g/mol. The third-order valence-electron chi connectivity index (χ3n) is 6.16. The molecule has 0 aliphatic carbocycles. The fraction of sp³-hybridized carbons (Fsp3) is 0.156. The minimum Gasteiger partial charge on any atom is -0.466 e. The van der Waals surface area contributed by atoms with Gasteiger partial charge in [0.2, 0.25) is 5.78 Å². The summed E-state index contributed by atoms with van der Waals surface area (Å²) in [6.45, 7) is 5.47. The van der Waals surface area contributed by atoms with E-state index < -0.39 is 0 Å². The molecule has 0 radical (unpaired) electrons. The number of aromatic nitrogens is 6. The van der Waals surface area contributed by atoms with Gasteiger partial charge in [-0.15, -0.1) is 0 Å². The predicted octanol–water partition coefficient (Wildman–Crippen LogP) is 6.60. The zero-order chi connectivity index (χ0) is 35.2. The number of esters is 1. The molecule has 12 nitrogen and oxygen atoms in total. The molecule has 0 atom stereocenters. The summed E-state index contributed by atoms with van der Waals surface area (Å²) in [5.74, 6) is 4.46. The third-order valence-corrected chi connectivity index (χ3v) is 7.25. The van der Waals surface area contributed by atoms with Gasteiger partial charge in [0, 0.05) is 46.0 Å². The van der Waals surface area contributed by atoms with Crippen LogP contribution in [-0.4, -0.2) is 54.2 Å². The number of nitrogens with one attached hydrogen (secondary N) is 1. The molecule has 16 heteroatoms. The van der Waals surface area contributed by atoms with Gasteiger partial charge in [0.05, 0.1) is 30.0 Å². The van der Waals surface area contributed by atoms with E-state index in [0.29, 0.717) is 50.4 Å². The number of hydrogen-bond donors (Lipinski definition) is 2. The molecule has 0 unspecified atom stereocenters. The molecule has 3 heterocycles. The number of hydrogen-bond acceptors (Lipinski definition) is 11. The van der Waals surface area contributed by atoms with E-state index in [4.69, 9.17) is 57.0 Å². The molecule has 2 aromatic carbocycles. The number of ether oxygens (including phenoxy) is 1. The largest absolute Gasteiger partial charge is 0.466 e. The van der Waals surface area contributed by atoms with Crippen LogP contribution in [-0.2, 0) is 16.0 Å². The van der Waals surface area contributed by atoms with Crippen LogP contribution in [0.3, 0.4) is 0 Å². The van der Waals surface area contributed by atoms with E-state index in [1.807, 2.05) is 12.1 Å². The van der Waals surface area contributed by atoms with Crippen molar-refractivity contribution in [3.63, 3.8) is 0 Å². The lowest BCUT2D eigenvalue weighted by molar-refractivity contribution is -0.142. The second-order valence-electron chi connectivity index (χ2n) is 9.42. The fourth-order valence-corrected chi connectivity index (χ4v) is 4.53. The van der Waals surface area contributed by atoms with Gasteiger partial charge in [-0.3, -0.25) is 24.4 Å². The molecular formula is C32H28Cl4N8O4. The van der Waals surface area contributed by atoms with Crippen molar-refractivity contribution in [3.8, 4) is 22.4 Å². The third kappa shape index (κ3) is 10.6. The maximum absolute atomic E-state index is 12.3. The van der Waals surface area contributed by atoms with Gasteiger partial charge in [-0.1, -0.05) is 58.5 Å². The smallest absolute Gasteiger partial charge is 0.311 e. The van der Waals surface area contributed by atoms with E-state index in [-0.39, 0.29) is 39.8 Å². The molecule has 0 bridgehead atoms. The average Bonchev–Trinajstić information content (AvgIpc) is 3.08. The Morgan fingerprint density at radius 2 is 1.40 bits per heavy atom. The van der Waals surface area contributed by atoms with Gasteiger partial charge in [-0.2, -0.15) is 10.2 Å². The molecule has 0 aliphatic rings. The van der Waals surface area contributed by atoms with Crippen molar-refractivity contribution in [3.05, 3.63) is 121 Å². The molecule has 0 amide bonds. The van der Waals surface area contributed by atoms with Crippen LogP contribution < -0.4 is 11.4 Å². The first kappa shape index (κ1) is 37.7. The maximum atomic E-state index is 12.3. The summed E-state index contributed by atoms with van der Waals surface area (Å²) in [6, 6.07) is 13.7. The van der Waals surface area contributed by atoms with Crippen molar-refractivity contribution in [1.82, 2.24) is 30.1 Å².